The molecule has 2 aromatic rings. The van der Waals surface area contributed by atoms with Crippen molar-refractivity contribution in [3.63, 3.8) is 0 Å². The van der Waals surface area contributed by atoms with Gasteiger partial charge in [0.2, 0.25) is 11.7 Å². The van der Waals surface area contributed by atoms with Crippen molar-refractivity contribution < 1.29 is 32.2 Å². The molecule has 3 rings (SSSR count). The molecule has 1 aliphatic heterocycles. The van der Waals surface area contributed by atoms with Gasteiger partial charge in [0.1, 0.15) is 5.82 Å². The van der Waals surface area contributed by atoms with Crippen molar-refractivity contribution >= 4 is 29.4 Å². The van der Waals surface area contributed by atoms with Gasteiger partial charge in [0.05, 0.1) is 31.9 Å². The molecule has 7 nitrogen and oxygen atoms in total. The Morgan fingerprint density at radius 1 is 1.03 bits per heavy atom. The van der Waals surface area contributed by atoms with Crippen molar-refractivity contribution in [3.05, 3.63) is 46.6 Å². The number of carbonyl (C=O) groups is 1. The van der Waals surface area contributed by atoms with E-state index in [1.54, 1.807) is 28.0 Å². The maximum Gasteiger partial charge on any atom is 0.417 e. The van der Waals surface area contributed by atoms with Crippen molar-refractivity contribution in [1.82, 2.24) is 9.88 Å². The molecule has 0 N–H and O–H groups in total. The fourth-order valence-electron chi connectivity index (χ4n) is 3.43. The first-order valence-corrected chi connectivity index (χ1v) is 10.3. The van der Waals surface area contributed by atoms with Gasteiger partial charge in [0.25, 0.3) is 0 Å². The summed E-state index contributed by atoms with van der Waals surface area (Å²) in [5.41, 5.74) is -0.209. The minimum Gasteiger partial charge on any atom is -0.493 e. The van der Waals surface area contributed by atoms with Crippen LogP contribution in [0.25, 0.3) is 6.08 Å². The van der Waals surface area contributed by atoms with E-state index in [0.29, 0.717) is 49.0 Å². The van der Waals surface area contributed by atoms with Gasteiger partial charge in [0.15, 0.2) is 11.5 Å². The van der Waals surface area contributed by atoms with Crippen LogP contribution in [0.15, 0.2) is 30.5 Å². The number of methoxy groups -OCH3 is 3. The minimum atomic E-state index is -4.51. The maximum absolute atomic E-state index is 12.8. The molecule has 1 aromatic carbocycles. The van der Waals surface area contributed by atoms with Crippen molar-refractivity contribution in [3.8, 4) is 17.2 Å². The number of halogens is 4. The van der Waals surface area contributed by atoms with Gasteiger partial charge in [-0.3, -0.25) is 4.79 Å². The lowest BCUT2D eigenvalue weighted by Crippen LogP contribution is -2.48. The quantitative estimate of drug-likeness (QED) is 0.573. The highest BCUT2D eigenvalue weighted by Crippen LogP contribution is 2.38. The fraction of sp³-hybridized carbons (Fsp3) is 0.364. The van der Waals surface area contributed by atoms with E-state index in [-0.39, 0.29) is 16.7 Å². The second-order valence-corrected chi connectivity index (χ2v) is 7.54. The van der Waals surface area contributed by atoms with Gasteiger partial charge in [-0.1, -0.05) is 11.6 Å². The molecule has 0 spiro atoms. The van der Waals surface area contributed by atoms with Crippen molar-refractivity contribution in [2.45, 2.75) is 6.18 Å². The highest BCUT2D eigenvalue weighted by Gasteiger charge is 2.32. The summed E-state index contributed by atoms with van der Waals surface area (Å²) in [5, 5.41) is -0.0769. The van der Waals surface area contributed by atoms with Gasteiger partial charge in [-0.25, -0.2) is 4.98 Å². The maximum atomic E-state index is 12.8. The lowest BCUT2D eigenvalue weighted by Gasteiger charge is -2.35. The summed E-state index contributed by atoms with van der Waals surface area (Å²) in [6.45, 7) is 1.53. The van der Waals surface area contributed by atoms with E-state index < -0.39 is 11.7 Å². The number of ether oxygens (including phenoxy) is 3. The molecule has 1 aliphatic rings. The number of benzene rings is 1. The van der Waals surface area contributed by atoms with Gasteiger partial charge in [0, 0.05) is 38.5 Å². The van der Waals surface area contributed by atoms with Gasteiger partial charge in [-0.2, -0.15) is 13.2 Å². The third-order valence-electron chi connectivity index (χ3n) is 5.15. The van der Waals surface area contributed by atoms with Gasteiger partial charge in [-0.15, -0.1) is 0 Å². The minimum absolute atomic E-state index is 0.0769. The number of piperazine rings is 1. The van der Waals surface area contributed by atoms with Crippen LogP contribution in [0.2, 0.25) is 5.02 Å². The molecule has 0 radical (unpaired) electrons. The molecule has 0 saturated carbocycles. The summed E-state index contributed by atoms with van der Waals surface area (Å²) in [4.78, 5) is 19.9. The molecule has 0 aliphatic carbocycles. The molecule has 11 heteroatoms. The van der Waals surface area contributed by atoms with Gasteiger partial charge >= 0.3 is 6.18 Å². The Balaban J connectivity index is 1.65. The number of rotatable bonds is 6. The number of alkyl halides is 3. The molecule has 178 valence electrons. The molecule has 1 aromatic heterocycles. The van der Waals surface area contributed by atoms with Crippen LogP contribution in [0.3, 0.4) is 0 Å². The fourth-order valence-corrected chi connectivity index (χ4v) is 3.71. The second kappa shape index (κ2) is 10.2. The van der Waals surface area contributed by atoms with E-state index in [1.165, 1.54) is 27.4 Å². The standard InChI is InChI=1S/C22H23ClF3N3O4/c1-31-17-10-14(11-18(32-2)20(17)33-3)4-5-19(30)28-6-8-29(9-7-28)21-16(23)12-15(13-27-21)22(24,25)26/h4-5,10-13H,6-9H2,1-3H3/b5-4+. The molecule has 33 heavy (non-hydrogen) atoms. The summed E-state index contributed by atoms with van der Waals surface area (Å²) < 4.78 is 54.4. The van der Waals surface area contributed by atoms with E-state index in [4.69, 9.17) is 25.8 Å². The normalized spacial score (nSPS) is 14.5. The van der Waals surface area contributed by atoms with Crippen LogP contribution in [-0.2, 0) is 11.0 Å². The summed E-state index contributed by atoms with van der Waals surface area (Å²) in [6, 6.07) is 4.31. The smallest absolute Gasteiger partial charge is 0.417 e. The van der Waals surface area contributed by atoms with Crippen LogP contribution in [-0.4, -0.2) is 63.3 Å². The Morgan fingerprint density at radius 2 is 1.64 bits per heavy atom. The molecule has 2 heterocycles. The highest BCUT2D eigenvalue weighted by molar-refractivity contribution is 6.33. The SMILES string of the molecule is COc1cc(/C=C/C(=O)N2CCN(c3ncc(C(F)(F)F)cc3Cl)CC2)cc(OC)c1OC. The Morgan fingerprint density at radius 3 is 2.12 bits per heavy atom. The zero-order valence-corrected chi connectivity index (χ0v) is 19.0. The van der Waals surface area contributed by atoms with E-state index in [0.717, 1.165) is 12.3 Å². The number of amides is 1. The largest absolute Gasteiger partial charge is 0.493 e. The lowest BCUT2D eigenvalue weighted by molar-refractivity contribution is -0.137. The van der Waals surface area contributed by atoms with Crippen molar-refractivity contribution in [1.29, 1.82) is 0 Å². The number of aromatic nitrogens is 1. The molecular weight excluding hydrogens is 463 g/mol. The molecular formula is C22H23ClF3N3O4. The van der Waals surface area contributed by atoms with E-state index >= 15 is 0 Å². The number of nitrogens with zero attached hydrogens (tertiary/aromatic N) is 3. The molecule has 0 atom stereocenters. The molecule has 1 fully saturated rings. The zero-order chi connectivity index (χ0) is 24.2. The molecule has 0 bridgehead atoms. The number of hydrogen-bond donors (Lipinski definition) is 0. The lowest BCUT2D eigenvalue weighted by atomic mass is 10.1. The van der Waals surface area contributed by atoms with Crippen molar-refractivity contribution in [2.75, 3.05) is 52.4 Å². The van der Waals surface area contributed by atoms with Crippen LogP contribution >= 0.6 is 11.6 Å². The Kier molecular flexibility index (Phi) is 7.57. The van der Waals surface area contributed by atoms with Crippen LogP contribution in [0, 0.1) is 0 Å². The Labute approximate surface area is 194 Å². The van der Waals surface area contributed by atoms with Crippen molar-refractivity contribution in [2.24, 2.45) is 0 Å². The van der Waals surface area contributed by atoms with Crippen LogP contribution in [0.5, 0.6) is 17.2 Å². The first kappa shape index (κ1) is 24.5. The predicted molar refractivity (Wildman–Crippen MR) is 118 cm³/mol. The highest BCUT2D eigenvalue weighted by atomic mass is 35.5. The molecule has 1 amide bonds. The average Bonchev–Trinajstić information content (AvgIpc) is 2.81. The Bertz CT molecular complexity index is 1010. The third kappa shape index (κ3) is 5.62. The Hall–Kier alpha value is -3.14. The van der Waals surface area contributed by atoms with E-state index in [2.05, 4.69) is 4.98 Å². The predicted octanol–water partition coefficient (Wildman–Crippen LogP) is 4.14. The first-order chi connectivity index (χ1) is 15.7. The van der Waals surface area contributed by atoms with E-state index in [1.807, 2.05) is 0 Å². The molecule has 0 unspecified atom stereocenters. The number of anilines is 1. The molecule has 1 saturated heterocycles. The van der Waals surface area contributed by atoms with Gasteiger partial charge in [-0.05, 0) is 29.8 Å². The number of pyridine rings is 1. The van der Waals surface area contributed by atoms with Gasteiger partial charge < -0.3 is 24.0 Å². The topological polar surface area (TPSA) is 64.1 Å². The third-order valence-corrected chi connectivity index (χ3v) is 5.42. The zero-order valence-electron chi connectivity index (χ0n) is 18.3. The first-order valence-electron chi connectivity index (χ1n) is 9.92. The summed E-state index contributed by atoms with van der Waals surface area (Å²) in [5.74, 6) is 1.46. The van der Waals surface area contributed by atoms with Crippen LogP contribution < -0.4 is 19.1 Å². The number of carbonyl (C=O) groups excluding carboxylic acids is 1. The summed E-state index contributed by atoms with van der Waals surface area (Å²) in [7, 11) is 4.52. The van der Waals surface area contributed by atoms with Crippen LogP contribution in [0.1, 0.15) is 11.1 Å². The van der Waals surface area contributed by atoms with Crippen LogP contribution in [0.4, 0.5) is 19.0 Å². The number of hydrogen-bond acceptors (Lipinski definition) is 6. The second-order valence-electron chi connectivity index (χ2n) is 7.13. The summed E-state index contributed by atoms with van der Waals surface area (Å²) in [6.07, 6.45) is -0.656. The summed E-state index contributed by atoms with van der Waals surface area (Å²) >= 11 is 6.03. The average molecular weight is 486 g/mol. The van der Waals surface area contributed by atoms with E-state index in [9.17, 15) is 18.0 Å². The monoisotopic (exact) mass is 485 g/mol.